The van der Waals surface area contributed by atoms with Crippen LogP contribution in [0.1, 0.15) is 15.9 Å². The molecule has 0 heterocycles. The van der Waals surface area contributed by atoms with Gasteiger partial charge in [-0.05, 0) is 52.3 Å². The Bertz CT molecular complexity index is 726. The van der Waals surface area contributed by atoms with E-state index in [4.69, 9.17) is 28.5 Å². The van der Waals surface area contributed by atoms with Gasteiger partial charge >= 0.3 is 0 Å². The van der Waals surface area contributed by atoms with E-state index in [0.29, 0.717) is 31.3 Å². The molecule has 0 aliphatic heterocycles. The van der Waals surface area contributed by atoms with Crippen LogP contribution in [0.4, 0.5) is 5.69 Å². The smallest absolute Gasteiger partial charge is 0.255 e. The standard InChI is InChI=1S/C14H7BrCl2N2O/c15-11-5-8(2-4-12(11)16)14(20)19-10-3-1-9(7-18)13(17)6-10/h1-6H,(H,19,20). The summed E-state index contributed by atoms with van der Waals surface area (Å²) in [4.78, 5) is 12.1. The maximum Gasteiger partial charge on any atom is 0.255 e. The Balaban J connectivity index is 2.21. The van der Waals surface area contributed by atoms with Crippen LogP contribution in [-0.2, 0) is 0 Å². The molecule has 0 aliphatic carbocycles. The molecule has 100 valence electrons. The zero-order chi connectivity index (χ0) is 14.7. The molecule has 20 heavy (non-hydrogen) atoms. The van der Waals surface area contributed by atoms with Gasteiger partial charge in [0, 0.05) is 15.7 Å². The second kappa shape index (κ2) is 6.27. The minimum Gasteiger partial charge on any atom is -0.322 e. The van der Waals surface area contributed by atoms with Crippen LogP contribution >= 0.6 is 39.1 Å². The first-order valence-corrected chi connectivity index (χ1v) is 7.02. The fourth-order valence-corrected chi connectivity index (χ4v) is 2.24. The van der Waals surface area contributed by atoms with E-state index in [0.717, 1.165) is 0 Å². The lowest BCUT2D eigenvalue weighted by Gasteiger charge is -2.07. The SMILES string of the molecule is N#Cc1ccc(NC(=O)c2ccc(Cl)c(Br)c2)cc1Cl. The van der Waals surface area contributed by atoms with Crippen molar-refractivity contribution in [2.75, 3.05) is 5.32 Å². The van der Waals surface area contributed by atoms with Crippen molar-refractivity contribution < 1.29 is 4.79 Å². The third-order valence-corrected chi connectivity index (χ3v) is 4.06. The van der Waals surface area contributed by atoms with Gasteiger partial charge in [-0.3, -0.25) is 4.79 Å². The first kappa shape index (κ1) is 14.9. The summed E-state index contributed by atoms with van der Waals surface area (Å²) in [5.41, 5.74) is 1.34. The number of nitrogens with one attached hydrogen (secondary N) is 1. The average molecular weight is 370 g/mol. The third-order valence-electron chi connectivity index (χ3n) is 2.53. The van der Waals surface area contributed by atoms with Crippen molar-refractivity contribution in [1.29, 1.82) is 5.26 Å². The summed E-state index contributed by atoms with van der Waals surface area (Å²) in [7, 11) is 0. The van der Waals surface area contributed by atoms with Crippen LogP contribution in [-0.4, -0.2) is 5.91 Å². The molecule has 1 N–H and O–H groups in total. The van der Waals surface area contributed by atoms with Gasteiger partial charge in [0.25, 0.3) is 5.91 Å². The van der Waals surface area contributed by atoms with Crippen molar-refractivity contribution in [2.24, 2.45) is 0 Å². The zero-order valence-corrected chi connectivity index (χ0v) is 13.1. The van der Waals surface area contributed by atoms with Crippen molar-refractivity contribution in [3.8, 4) is 6.07 Å². The van der Waals surface area contributed by atoms with Crippen LogP contribution in [0.2, 0.25) is 10.0 Å². The highest BCUT2D eigenvalue weighted by Gasteiger charge is 2.09. The molecule has 0 unspecified atom stereocenters. The zero-order valence-electron chi connectivity index (χ0n) is 9.95. The lowest BCUT2D eigenvalue weighted by molar-refractivity contribution is 0.102. The first-order valence-electron chi connectivity index (χ1n) is 5.47. The predicted molar refractivity (Wildman–Crippen MR) is 83.3 cm³/mol. The van der Waals surface area contributed by atoms with Crippen LogP contribution in [0.25, 0.3) is 0 Å². The molecule has 0 fully saturated rings. The van der Waals surface area contributed by atoms with E-state index in [9.17, 15) is 4.79 Å². The van der Waals surface area contributed by atoms with Gasteiger partial charge in [-0.2, -0.15) is 5.26 Å². The molecule has 2 aromatic rings. The van der Waals surface area contributed by atoms with E-state index in [1.165, 1.54) is 6.07 Å². The number of benzene rings is 2. The molecule has 6 heteroatoms. The van der Waals surface area contributed by atoms with E-state index in [2.05, 4.69) is 21.2 Å². The van der Waals surface area contributed by atoms with Gasteiger partial charge in [0.15, 0.2) is 0 Å². The maximum atomic E-state index is 12.1. The minimum atomic E-state index is -0.289. The van der Waals surface area contributed by atoms with E-state index >= 15 is 0 Å². The molecule has 2 rings (SSSR count). The number of carbonyl (C=O) groups is 1. The number of anilines is 1. The predicted octanol–water partition coefficient (Wildman–Crippen LogP) is 4.88. The van der Waals surface area contributed by atoms with E-state index in [1.807, 2.05) is 6.07 Å². The van der Waals surface area contributed by atoms with Gasteiger partial charge in [0.05, 0.1) is 15.6 Å². The van der Waals surface area contributed by atoms with Gasteiger partial charge < -0.3 is 5.32 Å². The van der Waals surface area contributed by atoms with Crippen LogP contribution in [0.3, 0.4) is 0 Å². The Labute approximate surface area is 134 Å². The largest absolute Gasteiger partial charge is 0.322 e. The maximum absolute atomic E-state index is 12.1. The molecule has 0 bridgehead atoms. The van der Waals surface area contributed by atoms with Gasteiger partial charge in [-0.15, -0.1) is 0 Å². The number of halogens is 3. The van der Waals surface area contributed by atoms with Crippen LogP contribution in [0, 0.1) is 11.3 Å². The highest BCUT2D eigenvalue weighted by Crippen LogP contribution is 2.24. The molecule has 0 atom stereocenters. The number of carbonyl (C=O) groups excluding carboxylic acids is 1. The summed E-state index contributed by atoms with van der Waals surface area (Å²) in [6.45, 7) is 0. The summed E-state index contributed by atoms with van der Waals surface area (Å²) < 4.78 is 0.643. The first-order chi connectivity index (χ1) is 9.51. The van der Waals surface area contributed by atoms with Gasteiger partial charge in [-0.25, -0.2) is 0 Å². The Hall–Kier alpha value is -1.54. The molecule has 2 aromatic carbocycles. The molecular weight excluding hydrogens is 363 g/mol. The Morgan fingerprint density at radius 3 is 2.50 bits per heavy atom. The highest BCUT2D eigenvalue weighted by atomic mass is 79.9. The van der Waals surface area contributed by atoms with Gasteiger partial charge in [-0.1, -0.05) is 23.2 Å². The van der Waals surface area contributed by atoms with Crippen LogP contribution < -0.4 is 5.32 Å². The van der Waals surface area contributed by atoms with Gasteiger partial charge in [0.1, 0.15) is 6.07 Å². The number of rotatable bonds is 2. The molecule has 0 saturated carbocycles. The summed E-state index contributed by atoms with van der Waals surface area (Å²) in [6, 6.07) is 11.5. The molecular formula is C14H7BrCl2N2O. The monoisotopic (exact) mass is 368 g/mol. The number of amides is 1. The fourth-order valence-electron chi connectivity index (χ4n) is 1.52. The number of nitriles is 1. The third kappa shape index (κ3) is 3.31. The molecule has 0 radical (unpaired) electrons. The summed E-state index contributed by atoms with van der Waals surface area (Å²) in [5.74, 6) is -0.289. The Morgan fingerprint density at radius 1 is 1.15 bits per heavy atom. The summed E-state index contributed by atoms with van der Waals surface area (Å²) >= 11 is 15.0. The number of hydrogen-bond donors (Lipinski definition) is 1. The van der Waals surface area contributed by atoms with Crippen molar-refractivity contribution >= 4 is 50.7 Å². The van der Waals surface area contributed by atoms with Gasteiger partial charge in [0.2, 0.25) is 0 Å². The molecule has 0 aromatic heterocycles. The highest BCUT2D eigenvalue weighted by molar-refractivity contribution is 9.10. The van der Waals surface area contributed by atoms with Crippen LogP contribution in [0.5, 0.6) is 0 Å². The average Bonchev–Trinajstić information content (AvgIpc) is 2.42. The topological polar surface area (TPSA) is 52.9 Å². The Kier molecular flexibility index (Phi) is 4.66. The lowest BCUT2D eigenvalue weighted by atomic mass is 10.2. The quantitative estimate of drug-likeness (QED) is 0.820. The summed E-state index contributed by atoms with van der Waals surface area (Å²) in [6.07, 6.45) is 0. The lowest BCUT2D eigenvalue weighted by Crippen LogP contribution is -2.11. The van der Waals surface area contributed by atoms with E-state index < -0.39 is 0 Å². The van der Waals surface area contributed by atoms with E-state index in [1.54, 1.807) is 30.3 Å². The minimum absolute atomic E-state index is 0.289. The van der Waals surface area contributed by atoms with Crippen molar-refractivity contribution in [3.63, 3.8) is 0 Å². The molecule has 0 spiro atoms. The molecule has 3 nitrogen and oxygen atoms in total. The molecule has 0 saturated heterocycles. The molecule has 0 aliphatic rings. The fraction of sp³-hybridized carbons (Fsp3) is 0. The number of nitrogens with zero attached hydrogens (tertiary/aromatic N) is 1. The normalized spacial score (nSPS) is 9.90. The van der Waals surface area contributed by atoms with Crippen molar-refractivity contribution in [2.45, 2.75) is 0 Å². The van der Waals surface area contributed by atoms with Crippen molar-refractivity contribution in [3.05, 3.63) is 62.0 Å². The number of hydrogen-bond acceptors (Lipinski definition) is 2. The molecule has 1 amide bonds. The second-order valence-electron chi connectivity index (χ2n) is 3.89. The van der Waals surface area contributed by atoms with E-state index in [-0.39, 0.29) is 5.91 Å². The van der Waals surface area contributed by atoms with Crippen LogP contribution in [0.15, 0.2) is 40.9 Å². The van der Waals surface area contributed by atoms with Crippen molar-refractivity contribution in [1.82, 2.24) is 0 Å². The second-order valence-corrected chi connectivity index (χ2v) is 5.56. The summed E-state index contributed by atoms with van der Waals surface area (Å²) in [5, 5.41) is 12.3. The Morgan fingerprint density at radius 2 is 1.90 bits per heavy atom.